The Bertz CT molecular complexity index is 418. The van der Waals surface area contributed by atoms with E-state index in [-0.39, 0.29) is 12.6 Å². The number of ether oxygens (including phenoxy) is 3. The Morgan fingerprint density at radius 3 is 2.60 bits per heavy atom. The lowest BCUT2D eigenvalue weighted by Crippen LogP contribution is -2.26. The average Bonchev–Trinajstić information content (AvgIpc) is 2.98. The van der Waals surface area contributed by atoms with Gasteiger partial charge in [0.05, 0.1) is 12.0 Å². The van der Waals surface area contributed by atoms with E-state index in [0.717, 1.165) is 18.0 Å². The molecular weight excluding hydrogens is 278 g/mol. The molecule has 1 aliphatic heterocycles. The van der Waals surface area contributed by atoms with Crippen LogP contribution in [0.1, 0.15) is 6.92 Å². The fourth-order valence-corrected chi connectivity index (χ4v) is 2.66. The Balaban J connectivity index is 1.72. The van der Waals surface area contributed by atoms with Gasteiger partial charge in [0.15, 0.2) is 6.61 Å². The van der Waals surface area contributed by atoms with Crippen LogP contribution in [0.15, 0.2) is 24.3 Å². The van der Waals surface area contributed by atoms with Gasteiger partial charge in [0.1, 0.15) is 18.1 Å². The Hall–Kier alpha value is -1.40. The Morgan fingerprint density at radius 1 is 1.30 bits per heavy atom. The quantitative estimate of drug-likeness (QED) is 0.773. The lowest BCUT2D eigenvalue weighted by molar-refractivity contribution is -0.145. The van der Waals surface area contributed by atoms with Gasteiger partial charge in [-0.15, -0.1) is 11.8 Å². The second-order valence-corrected chi connectivity index (χ2v) is 5.50. The number of carbonyl (C=O) groups is 1. The van der Waals surface area contributed by atoms with Gasteiger partial charge in [-0.25, -0.2) is 4.79 Å². The fraction of sp³-hybridized carbons (Fsp3) is 0.500. The molecular formula is C14H19NO4S. The zero-order chi connectivity index (χ0) is 14.2. The van der Waals surface area contributed by atoms with Crippen molar-refractivity contribution in [3.05, 3.63) is 24.3 Å². The molecule has 2 rings (SSSR count). The third-order valence-electron chi connectivity index (χ3n) is 2.68. The van der Waals surface area contributed by atoms with Crippen molar-refractivity contribution < 1.29 is 19.0 Å². The molecule has 6 heteroatoms. The number of benzene rings is 1. The van der Waals surface area contributed by atoms with Crippen LogP contribution < -0.4 is 14.8 Å². The van der Waals surface area contributed by atoms with E-state index in [0.29, 0.717) is 24.3 Å². The second kappa shape index (κ2) is 8.01. The summed E-state index contributed by atoms with van der Waals surface area (Å²) in [6.07, 6.45) is 0. The molecule has 20 heavy (non-hydrogen) atoms. The maximum atomic E-state index is 11.2. The van der Waals surface area contributed by atoms with E-state index in [1.54, 1.807) is 19.1 Å². The fourth-order valence-electron chi connectivity index (χ4n) is 1.74. The van der Waals surface area contributed by atoms with Gasteiger partial charge in [-0.3, -0.25) is 0 Å². The van der Waals surface area contributed by atoms with Crippen molar-refractivity contribution in [2.45, 2.75) is 12.3 Å². The molecule has 1 aromatic carbocycles. The van der Waals surface area contributed by atoms with Crippen LogP contribution >= 0.6 is 11.8 Å². The SMILES string of the molecule is CCOC(=O)COc1ccc(OCC2NCCS2)cc1. The van der Waals surface area contributed by atoms with E-state index in [2.05, 4.69) is 5.32 Å². The number of esters is 1. The van der Waals surface area contributed by atoms with Crippen molar-refractivity contribution in [2.75, 3.05) is 32.1 Å². The molecule has 110 valence electrons. The van der Waals surface area contributed by atoms with E-state index in [1.807, 2.05) is 23.9 Å². The van der Waals surface area contributed by atoms with Gasteiger partial charge >= 0.3 is 5.97 Å². The van der Waals surface area contributed by atoms with Gasteiger partial charge in [-0.1, -0.05) is 0 Å². The van der Waals surface area contributed by atoms with Gasteiger partial charge in [-0.05, 0) is 31.2 Å². The smallest absolute Gasteiger partial charge is 0.344 e. The van der Waals surface area contributed by atoms with Crippen LogP contribution in [0.3, 0.4) is 0 Å². The van der Waals surface area contributed by atoms with Crippen molar-refractivity contribution >= 4 is 17.7 Å². The maximum absolute atomic E-state index is 11.2. The van der Waals surface area contributed by atoms with Crippen LogP contribution in [0.25, 0.3) is 0 Å². The van der Waals surface area contributed by atoms with Crippen molar-refractivity contribution in [1.29, 1.82) is 0 Å². The molecule has 1 atom stereocenters. The van der Waals surface area contributed by atoms with Gasteiger partial charge in [-0.2, -0.15) is 0 Å². The molecule has 1 heterocycles. The molecule has 0 saturated carbocycles. The summed E-state index contributed by atoms with van der Waals surface area (Å²) in [5, 5.41) is 3.71. The summed E-state index contributed by atoms with van der Waals surface area (Å²) in [5.74, 6) is 2.19. The van der Waals surface area contributed by atoms with E-state index >= 15 is 0 Å². The molecule has 5 nitrogen and oxygen atoms in total. The van der Waals surface area contributed by atoms with Gasteiger partial charge in [0.2, 0.25) is 0 Å². The molecule has 1 fully saturated rings. The zero-order valence-electron chi connectivity index (χ0n) is 11.5. The van der Waals surface area contributed by atoms with Crippen molar-refractivity contribution in [3.8, 4) is 11.5 Å². The highest BCUT2D eigenvalue weighted by atomic mass is 32.2. The van der Waals surface area contributed by atoms with E-state index < -0.39 is 0 Å². The van der Waals surface area contributed by atoms with Crippen molar-refractivity contribution in [2.24, 2.45) is 0 Å². The molecule has 1 N–H and O–H groups in total. The van der Waals surface area contributed by atoms with Crippen molar-refractivity contribution in [3.63, 3.8) is 0 Å². The molecule has 0 amide bonds. The lowest BCUT2D eigenvalue weighted by Gasteiger charge is -2.12. The predicted octanol–water partition coefficient (Wildman–Crippen LogP) is 1.67. The largest absolute Gasteiger partial charge is 0.491 e. The number of nitrogens with one attached hydrogen (secondary N) is 1. The van der Waals surface area contributed by atoms with Gasteiger partial charge in [0, 0.05) is 12.3 Å². The van der Waals surface area contributed by atoms with Crippen LogP contribution in [-0.4, -0.2) is 43.5 Å². The first-order valence-corrected chi connectivity index (χ1v) is 7.69. The first-order valence-electron chi connectivity index (χ1n) is 6.64. The Labute approximate surface area is 123 Å². The summed E-state index contributed by atoms with van der Waals surface area (Å²) in [5.41, 5.74) is 0. The standard InChI is InChI=1S/C14H19NO4S/c1-2-17-14(16)10-19-12-5-3-11(4-6-12)18-9-13-15-7-8-20-13/h3-6,13,15H,2,7-10H2,1H3. The van der Waals surface area contributed by atoms with Gasteiger partial charge < -0.3 is 19.5 Å². The third-order valence-corrected chi connectivity index (χ3v) is 3.83. The van der Waals surface area contributed by atoms with Gasteiger partial charge in [0.25, 0.3) is 0 Å². The Kier molecular flexibility index (Phi) is 6.01. The summed E-state index contributed by atoms with van der Waals surface area (Å²) < 4.78 is 15.8. The van der Waals surface area contributed by atoms with Crippen molar-refractivity contribution in [1.82, 2.24) is 5.32 Å². The normalized spacial score (nSPS) is 17.8. The minimum atomic E-state index is -0.364. The predicted molar refractivity (Wildman–Crippen MR) is 78.3 cm³/mol. The van der Waals surface area contributed by atoms with Crippen LogP contribution in [0.5, 0.6) is 11.5 Å². The lowest BCUT2D eigenvalue weighted by atomic mass is 10.3. The molecule has 1 unspecified atom stereocenters. The highest BCUT2D eigenvalue weighted by Crippen LogP contribution is 2.20. The first-order chi connectivity index (χ1) is 9.78. The minimum Gasteiger partial charge on any atom is -0.491 e. The summed E-state index contributed by atoms with van der Waals surface area (Å²) in [7, 11) is 0. The van der Waals surface area contributed by atoms with Crippen LogP contribution in [-0.2, 0) is 9.53 Å². The van der Waals surface area contributed by atoms with Crippen LogP contribution in [0.2, 0.25) is 0 Å². The molecule has 1 saturated heterocycles. The molecule has 0 spiro atoms. The topological polar surface area (TPSA) is 56.8 Å². The molecule has 0 aliphatic carbocycles. The second-order valence-electron chi connectivity index (χ2n) is 4.19. The highest BCUT2D eigenvalue weighted by Gasteiger charge is 2.14. The first kappa shape index (κ1) is 15.0. The molecule has 1 aromatic rings. The van der Waals surface area contributed by atoms with Crippen LogP contribution in [0.4, 0.5) is 0 Å². The number of hydrogen-bond donors (Lipinski definition) is 1. The monoisotopic (exact) mass is 297 g/mol. The highest BCUT2D eigenvalue weighted by molar-refractivity contribution is 8.00. The molecule has 0 aromatic heterocycles. The number of rotatable bonds is 7. The molecule has 0 radical (unpaired) electrons. The summed E-state index contributed by atoms with van der Waals surface area (Å²) in [6.45, 7) is 3.74. The third kappa shape index (κ3) is 4.94. The zero-order valence-corrected chi connectivity index (χ0v) is 12.3. The van der Waals surface area contributed by atoms with E-state index in [9.17, 15) is 4.79 Å². The summed E-state index contributed by atoms with van der Waals surface area (Å²) >= 11 is 1.87. The van der Waals surface area contributed by atoms with E-state index in [1.165, 1.54) is 0 Å². The molecule has 0 bridgehead atoms. The Morgan fingerprint density at radius 2 is 2.00 bits per heavy atom. The number of hydrogen-bond acceptors (Lipinski definition) is 6. The minimum absolute atomic E-state index is 0.0727. The average molecular weight is 297 g/mol. The summed E-state index contributed by atoms with van der Waals surface area (Å²) in [6, 6.07) is 7.23. The summed E-state index contributed by atoms with van der Waals surface area (Å²) in [4.78, 5) is 11.2. The van der Waals surface area contributed by atoms with E-state index in [4.69, 9.17) is 14.2 Å². The van der Waals surface area contributed by atoms with Crippen LogP contribution in [0, 0.1) is 0 Å². The molecule has 1 aliphatic rings. The number of thioether (sulfide) groups is 1. The number of carbonyl (C=O) groups excluding carboxylic acids is 1. The maximum Gasteiger partial charge on any atom is 0.344 e.